The quantitative estimate of drug-likeness (QED) is 0.290. The van der Waals surface area contributed by atoms with Gasteiger partial charge in [0.2, 0.25) is 0 Å². The molecule has 0 aliphatic heterocycles. The minimum atomic E-state index is 0.376. The third kappa shape index (κ3) is 5.84. The monoisotopic (exact) mass is 433 g/mol. The van der Waals surface area contributed by atoms with Gasteiger partial charge in [-0.05, 0) is 42.8 Å². The molecule has 0 spiro atoms. The Labute approximate surface area is 198 Å². The second-order valence-corrected chi connectivity index (χ2v) is 8.55. The lowest BCUT2D eigenvalue weighted by atomic mass is 9.87. The molecule has 0 saturated carbocycles. The van der Waals surface area contributed by atoms with Gasteiger partial charge in [0, 0.05) is 42.8 Å². The number of rotatable bonds is 11. The number of aromatic nitrogens is 4. The van der Waals surface area contributed by atoms with E-state index in [4.69, 9.17) is 20.7 Å². The average molecular weight is 433 g/mol. The maximum atomic E-state index is 6.20. The number of nitrogens with zero attached hydrogens (tertiary/aromatic N) is 4. The van der Waals surface area contributed by atoms with Crippen LogP contribution in [0.3, 0.4) is 0 Å². The van der Waals surface area contributed by atoms with Crippen molar-refractivity contribution in [2.24, 2.45) is 0 Å². The van der Waals surface area contributed by atoms with Crippen molar-refractivity contribution in [2.45, 2.75) is 57.9 Å². The molecule has 0 saturated heterocycles. The zero-order chi connectivity index (χ0) is 23.0. The van der Waals surface area contributed by atoms with Crippen LogP contribution in [0.4, 0.5) is 5.82 Å². The molecule has 4 rings (SSSR count). The van der Waals surface area contributed by atoms with E-state index in [-0.39, 0.29) is 0 Å². The number of fused-ring (bicyclic) bond motifs is 1. The standard InChI is InChI=1S/C26H29B2N5/c1-2-8-21(12-4-3-10-20-11-5-6-13-22(20)27)24-15-25(30-17-19-9-7-14-29-16-19)33-26(32-24)23(28)18-31-33/h5-7,9,11,13-16,18,21,30H,2-4,8,10,12,17H2,1H3. The summed E-state index contributed by atoms with van der Waals surface area (Å²) in [6.45, 7) is 2.88. The maximum Gasteiger partial charge on any atom is 0.150 e. The van der Waals surface area contributed by atoms with Crippen molar-refractivity contribution in [1.82, 2.24) is 19.6 Å². The Bertz CT molecular complexity index is 1180. The van der Waals surface area contributed by atoms with E-state index >= 15 is 0 Å². The number of benzene rings is 1. The van der Waals surface area contributed by atoms with E-state index in [0.29, 0.717) is 23.6 Å². The minimum absolute atomic E-state index is 0.376. The zero-order valence-corrected chi connectivity index (χ0v) is 19.2. The molecular weight excluding hydrogens is 404 g/mol. The van der Waals surface area contributed by atoms with Crippen LogP contribution in [0.2, 0.25) is 0 Å². The Morgan fingerprint density at radius 3 is 2.67 bits per heavy atom. The second kappa shape index (κ2) is 11.2. The average Bonchev–Trinajstić information content (AvgIpc) is 3.22. The molecule has 0 fully saturated rings. The van der Waals surface area contributed by atoms with Gasteiger partial charge in [-0.1, -0.05) is 61.1 Å². The topological polar surface area (TPSA) is 55.1 Å². The van der Waals surface area contributed by atoms with Gasteiger partial charge in [-0.2, -0.15) is 9.61 Å². The molecule has 33 heavy (non-hydrogen) atoms. The van der Waals surface area contributed by atoms with Crippen molar-refractivity contribution in [3.63, 3.8) is 0 Å². The van der Waals surface area contributed by atoms with Crippen LogP contribution in [-0.4, -0.2) is 35.3 Å². The van der Waals surface area contributed by atoms with Crippen LogP contribution in [0.15, 0.2) is 61.1 Å². The molecule has 0 aliphatic rings. The maximum absolute atomic E-state index is 6.20. The summed E-state index contributed by atoms with van der Waals surface area (Å²) in [4.78, 5) is 9.12. The van der Waals surface area contributed by atoms with Gasteiger partial charge in [0.15, 0.2) is 0 Å². The number of unbranched alkanes of at least 4 members (excludes halogenated alkanes) is 1. The van der Waals surface area contributed by atoms with Crippen molar-refractivity contribution < 1.29 is 0 Å². The molecule has 4 radical (unpaired) electrons. The number of nitrogens with one attached hydrogen (secondary N) is 1. The third-order valence-corrected chi connectivity index (χ3v) is 6.07. The van der Waals surface area contributed by atoms with Gasteiger partial charge in [0.25, 0.3) is 0 Å². The van der Waals surface area contributed by atoms with E-state index in [1.54, 1.807) is 16.9 Å². The fourth-order valence-electron chi connectivity index (χ4n) is 4.29. The van der Waals surface area contributed by atoms with E-state index in [2.05, 4.69) is 46.6 Å². The minimum Gasteiger partial charge on any atom is -0.366 e. The van der Waals surface area contributed by atoms with Crippen molar-refractivity contribution in [3.05, 3.63) is 77.9 Å². The van der Waals surface area contributed by atoms with Crippen LogP contribution < -0.4 is 16.2 Å². The number of anilines is 1. The Hall–Kier alpha value is -3.08. The fraction of sp³-hybridized carbons (Fsp3) is 0.346. The van der Waals surface area contributed by atoms with Gasteiger partial charge in [-0.3, -0.25) is 4.98 Å². The highest BCUT2D eigenvalue weighted by molar-refractivity contribution is 6.36. The molecule has 3 aromatic heterocycles. The smallest absolute Gasteiger partial charge is 0.150 e. The van der Waals surface area contributed by atoms with Gasteiger partial charge >= 0.3 is 0 Å². The summed E-state index contributed by atoms with van der Waals surface area (Å²) in [6.07, 6.45) is 11.8. The van der Waals surface area contributed by atoms with Crippen LogP contribution in [0, 0.1) is 0 Å². The SMILES string of the molecule is [B]c1ccccc1CCCCC(CCC)c1cc(NCc2cccnc2)n2ncc([B])c2n1. The lowest BCUT2D eigenvalue weighted by Crippen LogP contribution is -2.13. The Kier molecular flexibility index (Phi) is 7.82. The summed E-state index contributed by atoms with van der Waals surface area (Å²) in [5, 5.41) is 7.93. The Morgan fingerprint density at radius 1 is 1.00 bits per heavy atom. The van der Waals surface area contributed by atoms with E-state index in [1.165, 1.54) is 5.56 Å². The van der Waals surface area contributed by atoms with Crippen molar-refractivity contribution in [2.75, 3.05) is 5.32 Å². The summed E-state index contributed by atoms with van der Waals surface area (Å²) in [7, 11) is 12.3. The number of pyridine rings is 1. The van der Waals surface area contributed by atoms with Gasteiger partial charge < -0.3 is 5.32 Å². The Balaban J connectivity index is 1.49. The van der Waals surface area contributed by atoms with Crippen molar-refractivity contribution in [3.8, 4) is 0 Å². The molecule has 0 bridgehead atoms. The number of hydrogen-bond acceptors (Lipinski definition) is 4. The zero-order valence-electron chi connectivity index (χ0n) is 19.2. The van der Waals surface area contributed by atoms with E-state index in [1.807, 2.05) is 24.4 Å². The van der Waals surface area contributed by atoms with Gasteiger partial charge in [-0.25, -0.2) is 4.98 Å². The first kappa shape index (κ1) is 23.1. The molecule has 5 nitrogen and oxygen atoms in total. The molecule has 164 valence electrons. The first-order chi connectivity index (χ1) is 16.2. The van der Waals surface area contributed by atoms with Crippen LogP contribution >= 0.6 is 0 Å². The third-order valence-electron chi connectivity index (χ3n) is 6.07. The summed E-state index contributed by atoms with van der Waals surface area (Å²) < 4.78 is 1.79. The summed E-state index contributed by atoms with van der Waals surface area (Å²) in [5.74, 6) is 1.27. The fourth-order valence-corrected chi connectivity index (χ4v) is 4.29. The van der Waals surface area contributed by atoms with E-state index < -0.39 is 0 Å². The highest BCUT2D eigenvalue weighted by Gasteiger charge is 2.17. The van der Waals surface area contributed by atoms with Gasteiger partial charge in [0.05, 0.1) is 0 Å². The lowest BCUT2D eigenvalue weighted by Gasteiger charge is -2.18. The van der Waals surface area contributed by atoms with Gasteiger partial charge in [0.1, 0.15) is 27.2 Å². The molecule has 1 aromatic carbocycles. The normalized spacial score (nSPS) is 12.2. The van der Waals surface area contributed by atoms with Crippen LogP contribution in [0.1, 0.15) is 61.8 Å². The first-order valence-electron chi connectivity index (χ1n) is 11.8. The molecule has 4 aromatic rings. The summed E-state index contributed by atoms with van der Waals surface area (Å²) in [6, 6.07) is 14.3. The van der Waals surface area contributed by atoms with E-state index in [9.17, 15) is 0 Å². The van der Waals surface area contributed by atoms with Crippen LogP contribution in [-0.2, 0) is 13.0 Å². The molecule has 3 heterocycles. The number of hydrogen-bond donors (Lipinski definition) is 1. The largest absolute Gasteiger partial charge is 0.366 e. The highest BCUT2D eigenvalue weighted by Crippen LogP contribution is 2.28. The molecule has 7 heteroatoms. The van der Waals surface area contributed by atoms with Crippen LogP contribution in [0.5, 0.6) is 0 Å². The first-order valence-corrected chi connectivity index (χ1v) is 11.8. The summed E-state index contributed by atoms with van der Waals surface area (Å²) in [5.41, 5.74) is 5.60. The Morgan fingerprint density at radius 2 is 1.88 bits per heavy atom. The van der Waals surface area contributed by atoms with Crippen molar-refractivity contribution >= 4 is 38.1 Å². The van der Waals surface area contributed by atoms with E-state index in [0.717, 1.165) is 61.1 Å². The van der Waals surface area contributed by atoms with Gasteiger partial charge in [-0.15, -0.1) is 0 Å². The summed E-state index contributed by atoms with van der Waals surface area (Å²) >= 11 is 0. The molecule has 1 unspecified atom stereocenters. The molecule has 0 aliphatic carbocycles. The highest BCUT2D eigenvalue weighted by atomic mass is 15.3. The van der Waals surface area contributed by atoms with Crippen LogP contribution in [0.25, 0.3) is 5.65 Å². The number of aryl methyl sites for hydroxylation is 1. The predicted molar refractivity (Wildman–Crippen MR) is 137 cm³/mol. The molecule has 1 N–H and O–H groups in total. The van der Waals surface area contributed by atoms with Crippen molar-refractivity contribution in [1.29, 1.82) is 0 Å². The molecule has 1 atom stereocenters. The second-order valence-electron chi connectivity index (χ2n) is 8.55. The predicted octanol–water partition coefficient (Wildman–Crippen LogP) is 3.62. The molecular formula is C26H29B2N5. The lowest BCUT2D eigenvalue weighted by molar-refractivity contribution is 0.522. The molecule has 0 amide bonds.